The number of pyridine rings is 1. The summed E-state index contributed by atoms with van der Waals surface area (Å²) in [5.74, 6) is -0.748. The molecule has 1 heterocycles. The molecule has 0 fully saturated rings. The lowest BCUT2D eigenvalue weighted by atomic mass is 10.2. The maximum atomic E-state index is 12.2. The van der Waals surface area contributed by atoms with Crippen LogP contribution in [0.5, 0.6) is 5.75 Å². The van der Waals surface area contributed by atoms with Crippen molar-refractivity contribution in [3.8, 4) is 5.75 Å². The molecule has 1 aromatic heterocycles. The zero-order valence-corrected chi connectivity index (χ0v) is 13.2. The van der Waals surface area contributed by atoms with Gasteiger partial charge >= 0.3 is 11.9 Å². The normalized spacial score (nSPS) is 9.92. The van der Waals surface area contributed by atoms with Crippen molar-refractivity contribution >= 4 is 23.7 Å². The molecule has 0 spiro atoms. The monoisotopic (exact) mass is 328 g/mol. The lowest BCUT2D eigenvalue weighted by Crippen LogP contribution is -2.14. The highest BCUT2D eigenvalue weighted by molar-refractivity contribution is 6.04. The Hall–Kier alpha value is -3.22. The summed E-state index contributed by atoms with van der Waals surface area (Å²) < 4.78 is 9.79. The topological polar surface area (TPSA) is 94.6 Å². The van der Waals surface area contributed by atoms with E-state index in [0.29, 0.717) is 16.9 Å². The van der Waals surface area contributed by atoms with Gasteiger partial charge in [-0.05, 0) is 43.3 Å². The summed E-state index contributed by atoms with van der Waals surface area (Å²) in [6.07, 6.45) is 1.41. The zero-order chi connectivity index (χ0) is 17.5. The largest absolute Gasteiger partial charge is 0.462 e. The van der Waals surface area contributed by atoms with Crippen LogP contribution in [0.1, 0.15) is 34.6 Å². The number of carbonyl (C=O) groups is 3. The number of hydrogen-bond donors (Lipinski definition) is 1. The Morgan fingerprint density at radius 1 is 1.08 bits per heavy atom. The summed E-state index contributed by atoms with van der Waals surface area (Å²) in [6.45, 7) is 3.27. The van der Waals surface area contributed by atoms with Gasteiger partial charge in [0.15, 0.2) is 0 Å². The van der Waals surface area contributed by atoms with Crippen LogP contribution in [0.2, 0.25) is 0 Å². The molecule has 0 bridgehead atoms. The van der Waals surface area contributed by atoms with Crippen molar-refractivity contribution in [1.29, 1.82) is 0 Å². The van der Waals surface area contributed by atoms with Gasteiger partial charge in [0, 0.05) is 18.7 Å². The predicted molar refractivity (Wildman–Crippen MR) is 85.9 cm³/mol. The molecule has 7 nitrogen and oxygen atoms in total. The molecule has 124 valence electrons. The van der Waals surface area contributed by atoms with E-state index in [0.717, 1.165) is 0 Å². The number of nitrogens with zero attached hydrogens (tertiary/aromatic N) is 1. The highest BCUT2D eigenvalue weighted by Crippen LogP contribution is 2.14. The molecule has 0 saturated carbocycles. The van der Waals surface area contributed by atoms with Gasteiger partial charge in [-0.2, -0.15) is 0 Å². The highest BCUT2D eigenvalue weighted by Gasteiger charge is 2.11. The number of aromatic nitrogens is 1. The van der Waals surface area contributed by atoms with Gasteiger partial charge in [0.2, 0.25) is 0 Å². The van der Waals surface area contributed by atoms with E-state index in [1.807, 2.05) is 0 Å². The second kappa shape index (κ2) is 7.87. The Morgan fingerprint density at radius 3 is 2.42 bits per heavy atom. The number of rotatable bonds is 5. The van der Waals surface area contributed by atoms with Gasteiger partial charge in [-0.15, -0.1) is 0 Å². The van der Waals surface area contributed by atoms with Gasteiger partial charge < -0.3 is 14.8 Å². The van der Waals surface area contributed by atoms with Crippen molar-refractivity contribution in [2.45, 2.75) is 13.8 Å². The van der Waals surface area contributed by atoms with E-state index in [1.165, 1.54) is 49.5 Å². The fourth-order valence-electron chi connectivity index (χ4n) is 1.87. The molecule has 0 radical (unpaired) electrons. The van der Waals surface area contributed by atoms with Crippen LogP contribution < -0.4 is 10.1 Å². The van der Waals surface area contributed by atoms with Crippen LogP contribution in [0.3, 0.4) is 0 Å². The van der Waals surface area contributed by atoms with Crippen LogP contribution in [0, 0.1) is 0 Å². The van der Waals surface area contributed by atoms with Crippen molar-refractivity contribution in [3.63, 3.8) is 0 Å². The minimum atomic E-state index is -0.485. The molecule has 24 heavy (non-hydrogen) atoms. The number of nitrogens with one attached hydrogen (secondary N) is 1. The quantitative estimate of drug-likeness (QED) is 0.669. The molecule has 1 N–H and O–H groups in total. The van der Waals surface area contributed by atoms with Crippen molar-refractivity contribution in [1.82, 2.24) is 4.98 Å². The van der Waals surface area contributed by atoms with Gasteiger partial charge in [-0.25, -0.2) is 9.78 Å². The van der Waals surface area contributed by atoms with Crippen LogP contribution in [-0.2, 0) is 9.53 Å². The lowest BCUT2D eigenvalue weighted by Gasteiger charge is -2.07. The average Bonchev–Trinajstić information content (AvgIpc) is 2.55. The van der Waals surface area contributed by atoms with Gasteiger partial charge in [0.05, 0.1) is 12.2 Å². The van der Waals surface area contributed by atoms with Crippen LogP contribution in [-0.4, -0.2) is 29.4 Å². The third kappa shape index (κ3) is 4.64. The van der Waals surface area contributed by atoms with Crippen LogP contribution in [0.4, 0.5) is 5.82 Å². The fourth-order valence-corrected chi connectivity index (χ4v) is 1.87. The molecule has 1 amide bonds. The molecule has 7 heteroatoms. The molecule has 0 atom stereocenters. The average molecular weight is 328 g/mol. The fraction of sp³-hybridized carbons (Fsp3) is 0.176. The van der Waals surface area contributed by atoms with Gasteiger partial charge in [-0.1, -0.05) is 0 Å². The maximum absolute atomic E-state index is 12.2. The molecule has 0 aliphatic heterocycles. The number of carbonyl (C=O) groups excluding carboxylic acids is 3. The van der Waals surface area contributed by atoms with E-state index in [-0.39, 0.29) is 12.4 Å². The zero-order valence-electron chi connectivity index (χ0n) is 13.2. The van der Waals surface area contributed by atoms with E-state index < -0.39 is 17.8 Å². The minimum absolute atomic E-state index is 0.231. The first-order chi connectivity index (χ1) is 11.5. The Kier molecular flexibility index (Phi) is 5.62. The van der Waals surface area contributed by atoms with Crippen LogP contribution in [0.15, 0.2) is 42.6 Å². The second-order valence-electron chi connectivity index (χ2n) is 4.72. The number of esters is 2. The Labute approximate surface area is 138 Å². The van der Waals surface area contributed by atoms with Crippen LogP contribution in [0.25, 0.3) is 0 Å². The number of amides is 1. The summed E-state index contributed by atoms with van der Waals surface area (Å²) in [5, 5.41) is 2.59. The molecule has 0 aliphatic rings. The van der Waals surface area contributed by atoms with E-state index in [4.69, 9.17) is 9.47 Å². The molecule has 2 rings (SSSR count). The van der Waals surface area contributed by atoms with E-state index >= 15 is 0 Å². The number of ether oxygens (including phenoxy) is 2. The van der Waals surface area contributed by atoms with Gasteiger partial charge in [0.25, 0.3) is 5.91 Å². The number of hydrogen-bond acceptors (Lipinski definition) is 6. The highest BCUT2D eigenvalue weighted by atomic mass is 16.5. The Morgan fingerprint density at radius 2 is 1.79 bits per heavy atom. The maximum Gasteiger partial charge on any atom is 0.338 e. The first-order valence-electron chi connectivity index (χ1n) is 7.22. The Bertz CT molecular complexity index is 756. The van der Waals surface area contributed by atoms with Crippen LogP contribution >= 0.6 is 0 Å². The van der Waals surface area contributed by atoms with E-state index in [9.17, 15) is 14.4 Å². The molecule has 0 aliphatic carbocycles. The second-order valence-corrected chi connectivity index (χ2v) is 4.72. The van der Waals surface area contributed by atoms with Crippen molar-refractivity contribution in [2.75, 3.05) is 11.9 Å². The summed E-state index contributed by atoms with van der Waals surface area (Å²) in [5.41, 5.74) is 0.654. The third-order valence-electron chi connectivity index (χ3n) is 2.89. The number of benzene rings is 1. The molecular weight excluding hydrogens is 312 g/mol. The standard InChI is InChI=1S/C17H16N2O5/c1-3-23-17(22)13-8-9-18-15(10-13)19-16(21)12-4-6-14(7-5-12)24-11(2)20/h4-10H,3H2,1-2H3,(H,18,19,21). The predicted octanol–water partition coefficient (Wildman–Crippen LogP) is 2.44. The minimum Gasteiger partial charge on any atom is -0.462 e. The third-order valence-corrected chi connectivity index (χ3v) is 2.89. The molecule has 1 aromatic carbocycles. The summed E-state index contributed by atoms with van der Waals surface area (Å²) >= 11 is 0. The SMILES string of the molecule is CCOC(=O)c1ccnc(NC(=O)c2ccc(OC(C)=O)cc2)c1. The van der Waals surface area contributed by atoms with Crippen molar-refractivity contribution < 1.29 is 23.9 Å². The first kappa shape index (κ1) is 17.1. The first-order valence-corrected chi connectivity index (χ1v) is 7.22. The summed E-state index contributed by atoms with van der Waals surface area (Å²) in [4.78, 5) is 38.7. The molecule has 0 saturated heterocycles. The molecule has 2 aromatic rings. The number of anilines is 1. The van der Waals surface area contributed by atoms with Gasteiger partial charge in [0.1, 0.15) is 11.6 Å². The van der Waals surface area contributed by atoms with E-state index in [1.54, 1.807) is 6.92 Å². The summed E-state index contributed by atoms with van der Waals surface area (Å²) in [6, 6.07) is 8.99. The molecular formula is C17H16N2O5. The molecule has 0 unspecified atom stereocenters. The van der Waals surface area contributed by atoms with Crippen molar-refractivity contribution in [3.05, 3.63) is 53.7 Å². The lowest BCUT2D eigenvalue weighted by molar-refractivity contribution is -0.131. The summed E-state index contributed by atoms with van der Waals surface area (Å²) in [7, 11) is 0. The smallest absolute Gasteiger partial charge is 0.338 e. The van der Waals surface area contributed by atoms with Gasteiger partial charge in [-0.3, -0.25) is 9.59 Å². The van der Waals surface area contributed by atoms with E-state index in [2.05, 4.69) is 10.3 Å². The Balaban J connectivity index is 2.08. The van der Waals surface area contributed by atoms with Crippen molar-refractivity contribution in [2.24, 2.45) is 0 Å².